The van der Waals surface area contributed by atoms with Gasteiger partial charge in [-0.1, -0.05) is 17.9 Å². The van der Waals surface area contributed by atoms with Gasteiger partial charge in [0.15, 0.2) is 0 Å². The number of hydrogen-bond acceptors (Lipinski definition) is 5. The van der Waals surface area contributed by atoms with E-state index in [2.05, 4.69) is 32.4 Å². The molecule has 1 aliphatic heterocycles. The summed E-state index contributed by atoms with van der Waals surface area (Å²) in [6.45, 7) is 0.629. The number of hydrogen-bond donors (Lipinski definition) is 2. The summed E-state index contributed by atoms with van der Waals surface area (Å²) < 4.78 is 0. The maximum atomic E-state index is 12.3. The molecule has 0 saturated heterocycles. The molecule has 0 unspecified atom stereocenters. The largest absolute Gasteiger partial charge is 0.373 e. The van der Waals surface area contributed by atoms with E-state index >= 15 is 0 Å². The van der Waals surface area contributed by atoms with E-state index in [9.17, 15) is 9.59 Å². The smallest absolute Gasteiger partial charge is 0.254 e. The van der Waals surface area contributed by atoms with Gasteiger partial charge in [0.1, 0.15) is 11.6 Å². The summed E-state index contributed by atoms with van der Waals surface area (Å²) in [5.74, 6) is 7.67. The van der Waals surface area contributed by atoms with E-state index in [1.807, 2.05) is 24.3 Å². The van der Waals surface area contributed by atoms with Crippen molar-refractivity contribution in [3.05, 3.63) is 58.9 Å². The first-order valence-electron chi connectivity index (χ1n) is 10.2. The van der Waals surface area contributed by atoms with Crippen LogP contribution in [0.4, 0.5) is 11.6 Å². The number of carbonyl (C=O) groups excluding carboxylic acids is 2. The Morgan fingerprint density at radius 3 is 2.74 bits per heavy atom. The maximum absolute atomic E-state index is 12.3. The number of carbonyl (C=O) groups is 2. The molecule has 2 N–H and O–H groups in total. The molecule has 3 heterocycles. The second-order valence-electron chi connectivity index (χ2n) is 7.93. The lowest BCUT2D eigenvalue weighted by molar-refractivity contribution is -0.117. The van der Waals surface area contributed by atoms with Crippen LogP contribution in [0.15, 0.2) is 36.7 Å². The van der Waals surface area contributed by atoms with Crippen molar-refractivity contribution in [2.45, 2.75) is 19.4 Å². The van der Waals surface area contributed by atoms with Gasteiger partial charge in [-0.3, -0.25) is 9.59 Å². The van der Waals surface area contributed by atoms with E-state index in [-0.39, 0.29) is 17.7 Å². The van der Waals surface area contributed by atoms with Crippen LogP contribution in [0.5, 0.6) is 0 Å². The van der Waals surface area contributed by atoms with E-state index < -0.39 is 0 Å². The maximum Gasteiger partial charge on any atom is 0.254 e. The van der Waals surface area contributed by atoms with Gasteiger partial charge in [0, 0.05) is 60.9 Å². The fourth-order valence-electron chi connectivity index (χ4n) is 3.74. The third-order valence-electron chi connectivity index (χ3n) is 5.64. The quantitative estimate of drug-likeness (QED) is 0.647. The fraction of sp³-hybridized carbons (Fsp3) is 0.250. The SMILES string of the molecule is CNc1ncc(C#Cc2ccc3c(c2)C(=O)N(C)C3)c2cc(NC(=O)C3CC3)ncc12. The number of pyridine rings is 2. The molecular weight excluding hydrogens is 390 g/mol. The number of amides is 2. The van der Waals surface area contributed by atoms with Gasteiger partial charge in [0.2, 0.25) is 5.91 Å². The minimum Gasteiger partial charge on any atom is -0.373 e. The zero-order chi connectivity index (χ0) is 21.5. The van der Waals surface area contributed by atoms with E-state index in [4.69, 9.17) is 0 Å². The van der Waals surface area contributed by atoms with Crippen LogP contribution in [0.3, 0.4) is 0 Å². The molecule has 7 nitrogen and oxygen atoms in total. The molecular formula is C24H21N5O2. The second-order valence-corrected chi connectivity index (χ2v) is 7.93. The van der Waals surface area contributed by atoms with Crippen molar-refractivity contribution in [2.24, 2.45) is 5.92 Å². The first-order chi connectivity index (χ1) is 15.0. The zero-order valence-electron chi connectivity index (χ0n) is 17.3. The number of nitrogens with one attached hydrogen (secondary N) is 2. The number of anilines is 2. The lowest BCUT2D eigenvalue weighted by atomic mass is 10.1. The third-order valence-corrected chi connectivity index (χ3v) is 5.64. The Balaban J connectivity index is 1.53. The molecule has 1 saturated carbocycles. The highest BCUT2D eigenvalue weighted by molar-refractivity contribution is 6.00. The summed E-state index contributed by atoms with van der Waals surface area (Å²) in [4.78, 5) is 34.9. The van der Waals surface area contributed by atoms with E-state index in [1.165, 1.54) is 0 Å². The minimum atomic E-state index is 0.00940. The van der Waals surface area contributed by atoms with Gasteiger partial charge in [0.05, 0.1) is 5.56 Å². The molecule has 31 heavy (non-hydrogen) atoms. The molecule has 2 amide bonds. The zero-order valence-corrected chi connectivity index (χ0v) is 17.3. The highest BCUT2D eigenvalue weighted by Crippen LogP contribution is 2.31. The number of aromatic nitrogens is 2. The van der Waals surface area contributed by atoms with Gasteiger partial charge in [-0.15, -0.1) is 0 Å². The van der Waals surface area contributed by atoms with Gasteiger partial charge >= 0.3 is 0 Å². The molecule has 1 fully saturated rings. The Morgan fingerprint density at radius 2 is 1.97 bits per heavy atom. The molecule has 154 valence electrons. The molecule has 5 rings (SSSR count). The van der Waals surface area contributed by atoms with Crippen LogP contribution < -0.4 is 10.6 Å². The second kappa shape index (κ2) is 7.40. The van der Waals surface area contributed by atoms with Crippen LogP contribution in [0.2, 0.25) is 0 Å². The summed E-state index contributed by atoms with van der Waals surface area (Å²) >= 11 is 0. The number of fused-ring (bicyclic) bond motifs is 2. The average molecular weight is 411 g/mol. The third kappa shape index (κ3) is 3.57. The Hall–Kier alpha value is -3.92. The highest BCUT2D eigenvalue weighted by atomic mass is 16.2. The predicted octanol–water partition coefficient (Wildman–Crippen LogP) is 3.01. The van der Waals surface area contributed by atoms with Crippen molar-refractivity contribution < 1.29 is 9.59 Å². The lowest BCUT2D eigenvalue weighted by Gasteiger charge is -2.09. The van der Waals surface area contributed by atoms with E-state index in [0.29, 0.717) is 23.7 Å². The number of benzene rings is 1. The first kappa shape index (κ1) is 19.1. The van der Waals surface area contributed by atoms with Crippen molar-refractivity contribution in [1.82, 2.24) is 14.9 Å². The van der Waals surface area contributed by atoms with Gasteiger partial charge < -0.3 is 15.5 Å². The van der Waals surface area contributed by atoms with Gasteiger partial charge in [0.25, 0.3) is 5.91 Å². The summed E-state index contributed by atoms with van der Waals surface area (Å²) in [6.07, 6.45) is 5.28. The molecule has 1 aromatic carbocycles. The van der Waals surface area contributed by atoms with Crippen molar-refractivity contribution >= 4 is 34.2 Å². The van der Waals surface area contributed by atoms with Crippen LogP contribution in [0.25, 0.3) is 10.8 Å². The Kier molecular flexibility index (Phi) is 4.55. The molecule has 7 heteroatoms. The Morgan fingerprint density at radius 1 is 1.13 bits per heavy atom. The molecule has 0 spiro atoms. The minimum absolute atomic E-state index is 0.00940. The summed E-state index contributed by atoms with van der Waals surface area (Å²) in [5.41, 5.74) is 3.22. The lowest BCUT2D eigenvalue weighted by Crippen LogP contribution is -2.17. The van der Waals surface area contributed by atoms with Crippen molar-refractivity contribution in [2.75, 3.05) is 24.7 Å². The van der Waals surface area contributed by atoms with Crippen LogP contribution in [-0.2, 0) is 11.3 Å². The summed E-state index contributed by atoms with van der Waals surface area (Å²) in [7, 11) is 3.59. The molecule has 1 aliphatic carbocycles. The van der Waals surface area contributed by atoms with Crippen molar-refractivity contribution in [3.8, 4) is 11.8 Å². The predicted molar refractivity (Wildman–Crippen MR) is 119 cm³/mol. The summed E-state index contributed by atoms with van der Waals surface area (Å²) in [6, 6.07) is 7.56. The first-order valence-corrected chi connectivity index (χ1v) is 10.2. The molecule has 0 radical (unpaired) electrons. The number of rotatable bonds is 3. The molecule has 3 aromatic rings. The monoisotopic (exact) mass is 411 g/mol. The Bertz CT molecular complexity index is 1300. The average Bonchev–Trinajstić information content (AvgIpc) is 3.59. The summed E-state index contributed by atoms with van der Waals surface area (Å²) in [5, 5.41) is 7.63. The van der Waals surface area contributed by atoms with Crippen LogP contribution in [0, 0.1) is 17.8 Å². The molecule has 0 atom stereocenters. The van der Waals surface area contributed by atoms with Crippen LogP contribution in [-0.4, -0.2) is 40.8 Å². The fourth-order valence-corrected chi connectivity index (χ4v) is 3.74. The standard InChI is InChI=1S/C24H21N5O2/c1-25-22-20-12-26-21(28-23(30)15-7-8-15)10-18(20)16(11-27-22)5-3-14-4-6-17-13-29(2)24(31)19(17)9-14/h4,6,9-12,15H,7-8,13H2,1-2H3,(H,25,27)(H,26,28,30). The van der Waals surface area contributed by atoms with Crippen LogP contribution in [0.1, 0.15) is 39.9 Å². The topological polar surface area (TPSA) is 87.2 Å². The van der Waals surface area contributed by atoms with E-state index in [0.717, 1.165) is 40.3 Å². The van der Waals surface area contributed by atoms with Gasteiger partial charge in [-0.05, 0) is 36.6 Å². The van der Waals surface area contributed by atoms with Crippen molar-refractivity contribution in [1.29, 1.82) is 0 Å². The molecule has 0 bridgehead atoms. The molecule has 2 aromatic heterocycles. The van der Waals surface area contributed by atoms with Gasteiger partial charge in [-0.2, -0.15) is 0 Å². The van der Waals surface area contributed by atoms with Crippen LogP contribution >= 0.6 is 0 Å². The molecule has 2 aliphatic rings. The Labute approximate surface area is 179 Å². The highest BCUT2D eigenvalue weighted by Gasteiger charge is 2.30. The normalized spacial score (nSPS) is 14.8. The van der Waals surface area contributed by atoms with Gasteiger partial charge in [-0.25, -0.2) is 9.97 Å². The number of nitrogens with zero attached hydrogens (tertiary/aromatic N) is 3. The van der Waals surface area contributed by atoms with Crippen molar-refractivity contribution in [3.63, 3.8) is 0 Å². The van der Waals surface area contributed by atoms with E-state index in [1.54, 1.807) is 31.4 Å².